The second-order valence-corrected chi connectivity index (χ2v) is 3.49. The number of terminal acetylenes is 1. The Morgan fingerprint density at radius 1 is 1.50 bits per heavy atom. The lowest BCUT2D eigenvalue weighted by atomic mass is 10.1. The van der Waals surface area contributed by atoms with Crippen LogP contribution in [0.4, 0.5) is 0 Å². The molecule has 0 aromatic heterocycles. The van der Waals surface area contributed by atoms with Crippen LogP contribution in [0.3, 0.4) is 0 Å². The van der Waals surface area contributed by atoms with Gasteiger partial charge in [0.2, 0.25) is 0 Å². The SMILES string of the molecule is C#CC(C)COC(C)(C)C. The van der Waals surface area contributed by atoms with Gasteiger partial charge in [-0.15, -0.1) is 12.3 Å². The molecule has 1 atom stereocenters. The van der Waals surface area contributed by atoms with Crippen molar-refractivity contribution in [2.75, 3.05) is 6.61 Å². The average molecular weight is 140 g/mol. The van der Waals surface area contributed by atoms with E-state index in [0.717, 1.165) is 0 Å². The van der Waals surface area contributed by atoms with Gasteiger partial charge in [0.25, 0.3) is 0 Å². The van der Waals surface area contributed by atoms with Crippen LogP contribution in [0.15, 0.2) is 0 Å². The molecule has 0 aromatic carbocycles. The molecule has 0 N–H and O–H groups in total. The number of hydrogen-bond acceptors (Lipinski definition) is 1. The van der Waals surface area contributed by atoms with Crippen LogP contribution in [0.2, 0.25) is 0 Å². The monoisotopic (exact) mass is 140 g/mol. The Balaban J connectivity index is 3.48. The Kier molecular flexibility index (Phi) is 3.46. The van der Waals surface area contributed by atoms with Gasteiger partial charge in [0.15, 0.2) is 0 Å². The van der Waals surface area contributed by atoms with E-state index in [0.29, 0.717) is 6.61 Å². The lowest BCUT2D eigenvalue weighted by molar-refractivity contribution is -0.0117. The summed E-state index contributed by atoms with van der Waals surface area (Å²) in [5, 5.41) is 0. The predicted molar refractivity (Wildman–Crippen MR) is 43.7 cm³/mol. The summed E-state index contributed by atoms with van der Waals surface area (Å²) in [7, 11) is 0. The third-order valence-electron chi connectivity index (χ3n) is 1.05. The molecule has 10 heavy (non-hydrogen) atoms. The predicted octanol–water partition coefficient (Wildman–Crippen LogP) is 2.07. The highest BCUT2D eigenvalue weighted by Gasteiger charge is 2.10. The van der Waals surface area contributed by atoms with Gasteiger partial charge < -0.3 is 4.74 Å². The van der Waals surface area contributed by atoms with E-state index in [4.69, 9.17) is 11.2 Å². The van der Waals surface area contributed by atoms with Crippen LogP contribution in [-0.2, 0) is 4.74 Å². The first kappa shape index (κ1) is 9.52. The van der Waals surface area contributed by atoms with E-state index in [9.17, 15) is 0 Å². The van der Waals surface area contributed by atoms with Crippen LogP contribution in [0.5, 0.6) is 0 Å². The fourth-order valence-corrected chi connectivity index (χ4v) is 0.423. The summed E-state index contributed by atoms with van der Waals surface area (Å²) in [6, 6.07) is 0. The molecule has 0 aliphatic heterocycles. The van der Waals surface area contributed by atoms with Crippen molar-refractivity contribution in [3.05, 3.63) is 0 Å². The number of rotatable bonds is 2. The zero-order chi connectivity index (χ0) is 8.20. The summed E-state index contributed by atoms with van der Waals surface area (Å²) < 4.78 is 5.44. The third-order valence-corrected chi connectivity index (χ3v) is 1.05. The fourth-order valence-electron chi connectivity index (χ4n) is 0.423. The van der Waals surface area contributed by atoms with Crippen LogP contribution >= 0.6 is 0 Å². The van der Waals surface area contributed by atoms with Gasteiger partial charge in [-0.25, -0.2) is 0 Å². The van der Waals surface area contributed by atoms with Crippen LogP contribution in [0, 0.1) is 18.3 Å². The summed E-state index contributed by atoms with van der Waals surface area (Å²) in [4.78, 5) is 0. The first-order valence-corrected chi connectivity index (χ1v) is 3.56. The van der Waals surface area contributed by atoms with E-state index in [2.05, 4.69) is 5.92 Å². The van der Waals surface area contributed by atoms with Crippen molar-refractivity contribution in [3.8, 4) is 12.3 Å². The van der Waals surface area contributed by atoms with Crippen molar-refractivity contribution in [2.45, 2.75) is 33.3 Å². The zero-order valence-corrected chi connectivity index (χ0v) is 7.27. The standard InChI is InChI=1S/C9H16O/c1-6-8(2)7-10-9(3,4)5/h1,8H,7H2,2-5H3. The average Bonchev–Trinajstić information content (AvgIpc) is 1.81. The van der Waals surface area contributed by atoms with Gasteiger partial charge in [-0.05, 0) is 27.7 Å². The topological polar surface area (TPSA) is 9.23 Å². The molecule has 0 aliphatic carbocycles. The second kappa shape index (κ2) is 3.63. The molecule has 0 heterocycles. The molecule has 1 nitrogen and oxygen atoms in total. The van der Waals surface area contributed by atoms with E-state index in [1.807, 2.05) is 27.7 Å². The van der Waals surface area contributed by atoms with Crippen molar-refractivity contribution in [2.24, 2.45) is 5.92 Å². The molecule has 0 fully saturated rings. The molecule has 0 spiro atoms. The minimum Gasteiger partial charge on any atom is -0.375 e. The van der Waals surface area contributed by atoms with E-state index in [1.54, 1.807) is 0 Å². The van der Waals surface area contributed by atoms with E-state index >= 15 is 0 Å². The maximum Gasteiger partial charge on any atom is 0.0608 e. The Hall–Kier alpha value is -0.480. The first-order valence-electron chi connectivity index (χ1n) is 3.56. The van der Waals surface area contributed by atoms with Crippen molar-refractivity contribution >= 4 is 0 Å². The summed E-state index contributed by atoms with van der Waals surface area (Å²) in [6.07, 6.45) is 5.17. The molecular formula is C9H16O. The van der Waals surface area contributed by atoms with Crippen LogP contribution in [0.1, 0.15) is 27.7 Å². The zero-order valence-electron chi connectivity index (χ0n) is 7.27. The molecular weight excluding hydrogens is 124 g/mol. The van der Waals surface area contributed by atoms with Gasteiger partial charge in [-0.1, -0.05) is 0 Å². The molecule has 58 valence electrons. The Morgan fingerprint density at radius 3 is 2.30 bits per heavy atom. The van der Waals surface area contributed by atoms with Crippen molar-refractivity contribution in [1.29, 1.82) is 0 Å². The van der Waals surface area contributed by atoms with Crippen LogP contribution in [0.25, 0.3) is 0 Å². The Labute approximate surface area is 63.8 Å². The first-order chi connectivity index (χ1) is 4.45. The maximum atomic E-state index is 5.44. The highest BCUT2D eigenvalue weighted by Crippen LogP contribution is 2.08. The van der Waals surface area contributed by atoms with Crippen molar-refractivity contribution < 1.29 is 4.74 Å². The minimum absolute atomic E-state index is 0.0644. The highest BCUT2D eigenvalue weighted by molar-refractivity contribution is 4.90. The van der Waals surface area contributed by atoms with Gasteiger partial charge in [0.1, 0.15) is 0 Å². The largest absolute Gasteiger partial charge is 0.375 e. The summed E-state index contributed by atoms with van der Waals surface area (Å²) >= 11 is 0. The smallest absolute Gasteiger partial charge is 0.0608 e. The quantitative estimate of drug-likeness (QED) is 0.533. The lowest BCUT2D eigenvalue weighted by Crippen LogP contribution is -2.22. The van der Waals surface area contributed by atoms with E-state index < -0.39 is 0 Å². The van der Waals surface area contributed by atoms with Gasteiger partial charge in [0.05, 0.1) is 12.2 Å². The van der Waals surface area contributed by atoms with E-state index in [1.165, 1.54) is 0 Å². The minimum atomic E-state index is -0.0644. The number of ether oxygens (including phenoxy) is 1. The molecule has 0 bridgehead atoms. The van der Waals surface area contributed by atoms with E-state index in [-0.39, 0.29) is 11.5 Å². The molecule has 0 aliphatic rings. The molecule has 0 rings (SSSR count). The third kappa shape index (κ3) is 5.65. The normalized spacial score (nSPS) is 14.3. The highest BCUT2D eigenvalue weighted by atomic mass is 16.5. The maximum absolute atomic E-state index is 5.44. The number of hydrogen-bond donors (Lipinski definition) is 0. The summed E-state index contributed by atoms with van der Waals surface area (Å²) in [5.74, 6) is 2.83. The Morgan fingerprint density at radius 2 is 2.00 bits per heavy atom. The van der Waals surface area contributed by atoms with Gasteiger partial charge >= 0.3 is 0 Å². The summed E-state index contributed by atoms with van der Waals surface area (Å²) in [6.45, 7) is 8.70. The van der Waals surface area contributed by atoms with Gasteiger partial charge in [0, 0.05) is 5.92 Å². The molecule has 0 amide bonds. The van der Waals surface area contributed by atoms with Crippen molar-refractivity contribution in [1.82, 2.24) is 0 Å². The van der Waals surface area contributed by atoms with Crippen LogP contribution in [-0.4, -0.2) is 12.2 Å². The second-order valence-electron chi connectivity index (χ2n) is 3.49. The van der Waals surface area contributed by atoms with Crippen LogP contribution < -0.4 is 0 Å². The van der Waals surface area contributed by atoms with Crippen molar-refractivity contribution in [3.63, 3.8) is 0 Å². The fraction of sp³-hybridized carbons (Fsp3) is 0.778. The summed E-state index contributed by atoms with van der Waals surface area (Å²) in [5.41, 5.74) is -0.0644. The molecule has 0 radical (unpaired) electrons. The molecule has 0 saturated heterocycles. The van der Waals surface area contributed by atoms with Gasteiger partial charge in [-0.2, -0.15) is 0 Å². The molecule has 1 heteroatoms. The Bertz CT molecular complexity index is 125. The van der Waals surface area contributed by atoms with Gasteiger partial charge in [-0.3, -0.25) is 0 Å². The lowest BCUT2D eigenvalue weighted by Gasteiger charge is -2.20. The molecule has 0 saturated carbocycles. The molecule has 0 aromatic rings. The molecule has 1 unspecified atom stereocenters.